The predicted octanol–water partition coefficient (Wildman–Crippen LogP) is 4.08. The molecule has 0 bridgehead atoms. The number of hydrogen-bond acceptors (Lipinski definition) is 3. The molecule has 3 N–H and O–H groups in total. The first kappa shape index (κ1) is 18.7. The number of rotatable bonds is 2. The first-order valence-electron chi connectivity index (χ1n) is 7.71. The van der Waals surface area contributed by atoms with E-state index in [4.69, 9.17) is 10.5 Å². The van der Waals surface area contributed by atoms with Crippen molar-refractivity contribution in [3.63, 3.8) is 0 Å². The van der Waals surface area contributed by atoms with Crippen molar-refractivity contribution in [2.24, 2.45) is 5.73 Å². The summed E-state index contributed by atoms with van der Waals surface area (Å²) in [5.74, 6) is 0.307. The zero-order valence-electron chi connectivity index (χ0n) is 13.3. The Bertz CT molecular complexity index is 758. The molecule has 1 aliphatic rings. The fourth-order valence-electron chi connectivity index (χ4n) is 2.80. The lowest BCUT2D eigenvalue weighted by atomic mass is 9.90. The van der Waals surface area contributed by atoms with E-state index in [-0.39, 0.29) is 17.3 Å². The predicted molar refractivity (Wildman–Crippen MR) is 79.9 cm³/mol. The van der Waals surface area contributed by atoms with Crippen LogP contribution in [0.15, 0.2) is 24.4 Å². The SMILES string of the molecule is NC1(c2nc(-c3cc(C(F)(F)F)cc(C(F)(F)F)c3)c[nH]2)CCOCC1. The molecule has 1 saturated heterocycles. The molecule has 2 heterocycles. The first-order valence-corrected chi connectivity index (χ1v) is 7.71. The van der Waals surface area contributed by atoms with Crippen LogP contribution in [0.3, 0.4) is 0 Å². The van der Waals surface area contributed by atoms with Crippen LogP contribution < -0.4 is 5.73 Å². The zero-order valence-corrected chi connectivity index (χ0v) is 13.3. The third kappa shape index (κ3) is 3.70. The van der Waals surface area contributed by atoms with Crippen LogP contribution in [0.5, 0.6) is 0 Å². The van der Waals surface area contributed by atoms with Crippen LogP contribution >= 0.6 is 0 Å². The Morgan fingerprint density at radius 1 is 0.962 bits per heavy atom. The number of ether oxygens (including phenoxy) is 1. The van der Waals surface area contributed by atoms with E-state index in [0.29, 0.717) is 44.0 Å². The number of aromatic nitrogens is 2. The third-order valence-electron chi connectivity index (χ3n) is 4.32. The van der Waals surface area contributed by atoms with E-state index < -0.39 is 29.0 Å². The minimum atomic E-state index is -4.91. The molecule has 1 aromatic heterocycles. The maximum absolute atomic E-state index is 13.0. The van der Waals surface area contributed by atoms with Crippen LogP contribution in [-0.4, -0.2) is 23.2 Å². The Labute approximate surface area is 144 Å². The zero-order chi connectivity index (χ0) is 19.2. The number of nitrogens with one attached hydrogen (secondary N) is 1. The van der Waals surface area contributed by atoms with Gasteiger partial charge in [-0.1, -0.05) is 0 Å². The van der Waals surface area contributed by atoms with Gasteiger partial charge in [0.1, 0.15) is 5.82 Å². The van der Waals surface area contributed by atoms with Crippen molar-refractivity contribution >= 4 is 0 Å². The molecule has 3 rings (SSSR count). The van der Waals surface area contributed by atoms with E-state index in [0.717, 1.165) is 0 Å². The van der Waals surface area contributed by atoms with Crippen LogP contribution in [0.2, 0.25) is 0 Å². The fraction of sp³-hybridized carbons (Fsp3) is 0.438. The lowest BCUT2D eigenvalue weighted by Crippen LogP contribution is -2.43. The van der Waals surface area contributed by atoms with E-state index in [1.165, 1.54) is 6.20 Å². The lowest BCUT2D eigenvalue weighted by Gasteiger charge is -2.31. The van der Waals surface area contributed by atoms with Gasteiger partial charge >= 0.3 is 12.4 Å². The second kappa shape index (κ2) is 6.27. The Morgan fingerprint density at radius 2 is 1.50 bits per heavy atom. The maximum Gasteiger partial charge on any atom is 0.416 e. The molecule has 0 atom stereocenters. The monoisotopic (exact) mass is 379 g/mol. The summed E-state index contributed by atoms with van der Waals surface area (Å²) < 4.78 is 83.1. The van der Waals surface area contributed by atoms with Crippen molar-refractivity contribution in [1.82, 2.24) is 9.97 Å². The largest absolute Gasteiger partial charge is 0.416 e. The third-order valence-corrected chi connectivity index (χ3v) is 4.32. The Hall–Kier alpha value is -2.07. The Balaban J connectivity index is 2.04. The average molecular weight is 379 g/mol. The highest BCUT2D eigenvalue weighted by Crippen LogP contribution is 2.38. The minimum Gasteiger partial charge on any atom is -0.381 e. The summed E-state index contributed by atoms with van der Waals surface area (Å²) in [5.41, 5.74) is 2.28. The van der Waals surface area contributed by atoms with Crippen molar-refractivity contribution in [2.75, 3.05) is 13.2 Å². The molecule has 10 heteroatoms. The van der Waals surface area contributed by atoms with Crippen molar-refractivity contribution in [3.8, 4) is 11.3 Å². The molecular formula is C16H15F6N3O. The van der Waals surface area contributed by atoms with Gasteiger partial charge < -0.3 is 15.5 Å². The highest BCUT2D eigenvalue weighted by molar-refractivity contribution is 5.62. The number of imidazole rings is 1. The number of aromatic amines is 1. The van der Waals surface area contributed by atoms with Gasteiger partial charge in [0.05, 0.1) is 22.4 Å². The highest BCUT2D eigenvalue weighted by Gasteiger charge is 2.38. The molecule has 26 heavy (non-hydrogen) atoms. The average Bonchev–Trinajstić information content (AvgIpc) is 3.04. The van der Waals surface area contributed by atoms with Gasteiger partial charge in [0, 0.05) is 25.0 Å². The number of H-pyrrole nitrogens is 1. The molecule has 1 aliphatic heterocycles. The second-order valence-electron chi connectivity index (χ2n) is 6.20. The van der Waals surface area contributed by atoms with E-state index in [1.807, 2.05) is 0 Å². The van der Waals surface area contributed by atoms with Crippen molar-refractivity contribution in [2.45, 2.75) is 30.7 Å². The van der Waals surface area contributed by atoms with E-state index in [1.54, 1.807) is 0 Å². The van der Waals surface area contributed by atoms with Crippen LogP contribution in [0, 0.1) is 0 Å². The van der Waals surface area contributed by atoms with Gasteiger partial charge in [-0.2, -0.15) is 26.3 Å². The fourth-order valence-corrected chi connectivity index (χ4v) is 2.80. The molecule has 2 aromatic rings. The van der Waals surface area contributed by atoms with Crippen LogP contribution in [0.25, 0.3) is 11.3 Å². The minimum absolute atomic E-state index is 0.0343. The molecule has 1 aromatic carbocycles. The summed E-state index contributed by atoms with van der Waals surface area (Å²) >= 11 is 0. The molecule has 0 spiro atoms. The molecule has 0 unspecified atom stereocenters. The number of alkyl halides is 6. The Morgan fingerprint density at radius 3 is 2.00 bits per heavy atom. The van der Waals surface area contributed by atoms with Gasteiger partial charge in [0.25, 0.3) is 0 Å². The van der Waals surface area contributed by atoms with E-state index >= 15 is 0 Å². The summed E-state index contributed by atoms with van der Waals surface area (Å²) in [6, 6.07) is 1.37. The second-order valence-corrected chi connectivity index (χ2v) is 6.20. The molecular weight excluding hydrogens is 364 g/mol. The van der Waals surface area contributed by atoms with Gasteiger partial charge in [-0.05, 0) is 31.0 Å². The molecule has 0 saturated carbocycles. The van der Waals surface area contributed by atoms with Crippen LogP contribution in [0.4, 0.5) is 26.3 Å². The highest BCUT2D eigenvalue weighted by atomic mass is 19.4. The Kier molecular flexibility index (Phi) is 4.51. The number of halogens is 6. The van der Waals surface area contributed by atoms with Gasteiger partial charge in [0.15, 0.2) is 0 Å². The smallest absolute Gasteiger partial charge is 0.381 e. The van der Waals surface area contributed by atoms with Crippen LogP contribution in [0.1, 0.15) is 29.8 Å². The summed E-state index contributed by atoms with van der Waals surface area (Å²) in [6.45, 7) is 0.794. The van der Waals surface area contributed by atoms with Crippen molar-refractivity contribution in [3.05, 3.63) is 41.3 Å². The number of nitrogens with two attached hydrogens (primary N) is 1. The molecule has 0 radical (unpaired) electrons. The van der Waals surface area contributed by atoms with Gasteiger partial charge in [-0.3, -0.25) is 0 Å². The van der Waals surface area contributed by atoms with Crippen molar-refractivity contribution < 1.29 is 31.1 Å². The van der Waals surface area contributed by atoms with Gasteiger partial charge in [-0.15, -0.1) is 0 Å². The van der Waals surface area contributed by atoms with Gasteiger partial charge in [-0.25, -0.2) is 4.98 Å². The van der Waals surface area contributed by atoms with Crippen molar-refractivity contribution in [1.29, 1.82) is 0 Å². The van der Waals surface area contributed by atoms with Gasteiger partial charge in [0.2, 0.25) is 0 Å². The standard InChI is InChI=1S/C16H15F6N3O/c17-15(18,19)10-5-9(6-11(7-10)16(20,21)22)12-8-24-13(25-12)14(23)1-3-26-4-2-14/h5-8H,1-4,23H2,(H,24,25). The maximum atomic E-state index is 13.0. The quantitative estimate of drug-likeness (QED) is 0.773. The number of benzene rings is 1. The molecule has 0 amide bonds. The number of hydrogen-bond donors (Lipinski definition) is 2. The van der Waals surface area contributed by atoms with Crippen LogP contribution in [-0.2, 0) is 22.6 Å². The molecule has 1 fully saturated rings. The lowest BCUT2D eigenvalue weighted by molar-refractivity contribution is -0.143. The summed E-state index contributed by atoms with van der Waals surface area (Å²) in [5, 5.41) is 0. The molecule has 4 nitrogen and oxygen atoms in total. The van der Waals surface area contributed by atoms with E-state index in [2.05, 4.69) is 9.97 Å². The summed E-state index contributed by atoms with van der Waals surface area (Å²) in [4.78, 5) is 6.93. The summed E-state index contributed by atoms with van der Waals surface area (Å²) in [7, 11) is 0. The summed E-state index contributed by atoms with van der Waals surface area (Å²) in [6.07, 6.45) is -7.68. The molecule has 0 aliphatic carbocycles. The number of nitrogens with zero attached hydrogens (tertiary/aromatic N) is 1. The topological polar surface area (TPSA) is 63.9 Å². The normalized spacial score (nSPS) is 18.1. The van der Waals surface area contributed by atoms with E-state index in [9.17, 15) is 26.3 Å². The first-order chi connectivity index (χ1) is 12.0. The molecule has 142 valence electrons.